The van der Waals surface area contributed by atoms with E-state index in [0.29, 0.717) is 97.6 Å². The Morgan fingerprint density at radius 1 is 0.746 bits per heavy atom. The van der Waals surface area contributed by atoms with Gasteiger partial charge in [-0.3, -0.25) is 58.4 Å². The summed E-state index contributed by atoms with van der Waals surface area (Å²) in [5, 5.41) is 44.6. The summed E-state index contributed by atoms with van der Waals surface area (Å²) >= 11 is 5.82. The molecule has 2 unspecified atom stereocenters. The molecule has 122 heavy (non-hydrogen) atoms. The number of esters is 1. The molecule has 2 saturated heterocycles. The highest BCUT2D eigenvalue weighted by Gasteiger charge is 2.42. The Hall–Kier alpha value is -14.5. The number of rotatable bonds is 28. The fraction of sp³-hybridized carbons (Fsp3) is 0.306. The molecule has 2 atom stereocenters. The third kappa shape index (κ3) is 28.4. The van der Waals surface area contributed by atoms with Crippen LogP contribution in [0.1, 0.15) is 132 Å². The van der Waals surface area contributed by atoms with Crippen LogP contribution in [-0.4, -0.2) is 171 Å². The number of aromatic nitrogens is 6. The average molecular weight is 1690 g/mol. The molecule has 0 bridgehead atoms. The highest BCUT2D eigenvalue weighted by atomic mass is 35.5. The molecule has 0 radical (unpaired) electrons. The second kappa shape index (κ2) is 46.1. The van der Waals surface area contributed by atoms with Gasteiger partial charge in [-0.2, -0.15) is 24.7 Å². The van der Waals surface area contributed by atoms with Crippen LogP contribution < -0.4 is 26.8 Å². The summed E-state index contributed by atoms with van der Waals surface area (Å²) < 4.78 is 35.5. The Labute approximate surface area is 705 Å². The zero-order chi connectivity index (χ0) is 87.6. The molecule has 638 valence electrons. The molecule has 4 aromatic carbocycles. The van der Waals surface area contributed by atoms with Crippen LogP contribution in [0.3, 0.4) is 0 Å². The number of nitro groups is 2. The molecule has 37 heteroatoms. The summed E-state index contributed by atoms with van der Waals surface area (Å²) in [6.45, 7) is 15.7. The Kier molecular flexibility index (Phi) is 34.5. The Morgan fingerprint density at radius 3 is 2.07 bits per heavy atom. The average Bonchev–Trinajstić information content (AvgIpc) is 1.63. The number of benzene rings is 4. The number of amides is 7. The van der Waals surface area contributed by atoms with Gasteiger partial charge in [-0.25, -0.2) is 15.2 Å². The van der Waals surface area contributed by atoms with Crippen molar-refractivity contribution in [3.05, 3.63) is 276 Å². The summed E-state index contributed by atoms with van der Waals surface area (Å²) in [5.74, 6) is 0.602. The number of carbonyl (C=O) groups is 8. The highest BCUT2D eigenvalue weighted by Crippen LogP contribution is 2.28. The number of anilines is 1. The Bertz CT molecular complexity index is 5320. The third-order valence-electron chi connectivity index (χ3n) is 18.8. The van der Waals surface area contributed by atoms with Gasteiger partial charge < -0.3 is 58.8 Å². The number of pyridine rings is 1. The summed E-state index contributed by atoms with van der Waals surface area (Å²) in [6.07, 6.45) is 17.2. The first kappa shape index (κ1) is 91.4. The molecule has 0 spiro atoms. The number of piperidine rings is 1. The van der Waals surface area contributed by atoms with E-state index in [0.717, 1.165) is 81.5 Å². The Morgan fingerprint density at radius 2 is 1.45 bits per heavy atom. The lowest BCUT2D eigenvalue weighted by Gasteiger charge is -2.31. The number of nitrogens with zero attached hydrogens (tertiary/aromatic N) is 14. The number of ether oxygens (including phenoxy) is 1. The number of nitrogens with one attached hydrogen (secondary N) is 5. The number of furan rings is 3. The van der Waals surface area contributed by atoms with Gasteiger partial charge in [0.05, 0.1) is 48.4 Å². The minimum atomic E-state index is -0.762. The zero-order valence-corrected chi connectivity index (χ0v) is 68.8. The largest absolute Gasteiger partial charge is 0.493 e. The molecule has 2 fully saturated rings. The number of carbonyl (C=O) groups excluding carboxylic acids is 8. The fourth-order valence-corrected chi connectivity index (χ4v) is 12.6. The van der Waals surface area contributed by atoms with Crippen molar-refractivity contribution in [1.29, 1.82) is 0 Å². The van der Waals surface area contributed by atoms with Crippen LogP contribution in [0.15, 0.2) is 217 Å². The van der Waals surface area contributed by atoms with Crippen LogP contribution in [-0.2, 0) is 53.5 Å². The number of aliphatic imine (C=N–C) groups is 1. The van der Waals surface area contributed by atoms with E-state index >= 15 is 0 Å². The normalized spacial score (nSPS) is 14.4. The lowest BCUT2D eigenvalue weighted by molar-refractivity contribution is -0.394. The summed E-state index contributed by atoms with van der Waals surface area (Å²) in [5.41, 5.74) is 10.2. The van der Waals surface area contributed by atoms with Gasteiger partial charge in [0.2, 0.25) is 23.6 Å². The number of aryl methyl sites for hydroxylation is 4. The van der Waals surface area contributed by atoms with Gasteiger partial charge in [0.25, 0.3) is 17.7 Å². The van der Waals surface area contributed by atoms with E-state index in [1.807, 2.05) is 80.4 Å². The lowest BCUT2D eigenvalue weighted by Crippen LogP contribution is -2.52. The number of hydrazone groups is 2. The maximum atomic E-state index is 13.5. The molecule has 10 aromatic rings. The maximum absolute atomic E-state index is 13.5. The molecule has 0 aliphatic carbocycles. The van der Waals surface area contributed by atoms with Crippen molar-refractivity contribution in [1.82, 2.24) is 65.7 Å². The molecule has 6 aromatic heterocycles. The van der Waals surface area contributed by atoms with Crippen LogP contribution >= 0.6 is 11.6 Å². The van der Waals surface area contributed by atoms with Crippen molar-refractivity contribution >= 4 is 101 Å². The van der Waals surface area contributed by atoms with E-state index in [2.05, 4.69) is 75.9 Å². The Balaban J connectivity index is 0.000000178. The van der Waals surface area contributed by atoms with Crippen molar-refractivity contribution in [3.8, 4) is 5.95 Å². The molecular weight excluding hydrogens is 1600 g/mol. The van der Waals surface area contributed by atoms with Crippen LogP contribution in [0, 0.1) is 58.7 Å². The van der Waals surface area contributed by atoms with E-state index in [9.17, 15) is 63.0 Å². The summed E-state index contributed by atoms with van der Waals surface area (Å²) in [4.78, 5) is 137. The van der Waals surface area contributed by atoms with E-state index in [4.69, 9.17) is 34.6 Å². The molecule has 7 amide bonds. The predicted octanol–water partition coefficient (Wildman–Crippen LogP) is 11.6. The molecule has 9 heterocycles. The first-order valence-corrected chi connectivity index (χ1v) is 39.3. The van der Waals surface area contributed by atoms with Crippen molar-refractivity contribution in [3.63, 3.8) is 0 Å². The minimum Gasteiger partial charge on any atom is -0.466 e. The number of likely N-dealkylation sites (tertiary alicyclic amines) is 2. The highest BCUT2D eigenvalue weighted by molar-refractivity contribution is 6.31. The van der Waals surface area contributed by atoms with E-state index in [1.54, 1.807) is 90.8 Å². The SMILES string of the molecule is CC(C)C1N=C(Cc2cccnc2)N(CCCN2CCCC2=O)C1C(=O)NCc1ccccc1.CCOC(=O)C1CCN(C(=O)/C(=C/c2ccco2)NC(=O)c2ccc(C)c(C)c2)CC1.Cc1ccc(/C=N/NC(=O)c2ccc(F)cc2)o1.Cn1nc([N+](=O)[O-])nc1-n1cc([N+](=O)[O-])cn1.O=C(CCC(=O)Nc1cccc(Cl)c1)N/N=C/c1ccco1. The van der Waals surface area contributed by atoms with Gasteiger partial charge in [-0.05, 0) is 189 Å². The van der Waals surface area contributed by atoms with Gasteiger partial charge in [0, 0.05) is 117 Å². The third-order valence-corrected chi connectivity index (χ3v) is 19.1. The van der Waals surface area contributed by atoms with Crippen molar-refractivity contribution in [2.75, 3.05) is 44.6 Å². The maximum Gasteiger partial charge on any atom is 0.493 e. The molecular formula is C85H93ClFN19O16. The van der Waals surface area contributed by atoms with Crippen molar-refractivity contribution < 1.29 is 70.6 Å². The van der Waals surface area contributed by atoms with E-state index < -0.39 is 21.7 Å². The van der Waals surface area contributed by atoms with E-state index in [1.165, 1.54) is 62.3 Å². The number of hydrogen-bond acceptors (Lipinski definition) is 24. The van der Waals surface area contributed by atoms with Gasteiger partial charge >= 0.3 is 23.6 Å². The first-order valence-electron chi connectivity index (χ1n) is 38.9. The van der Waals surface area contributed by atoms with Crippen LogP contribution in [0.25, 0.3) is 12.0 Å². The first-order chi connectivity index (χ1) is 58.7. The molecule has 13 rings (SSSR count). The fourth-order valence-electron chi connectivity index (χ4n) is 12.4. The number of hydrogen-bond donors (Lipinski definition) is 5. The lowest BCUT2D eigenvalue weighted by atomic mass is 9.96. The second-order valence-electron chi connectivity index (χ2n) is 28.2. The van der Waals surface area contributed by atoms with E-state index in [-0.39, 0.29) is 101 Å². The second-order valence-corrected chi connectivity index (χ2v) is 28.6. The summed E-state index contributed by atoms with van der Waals surface area (Å²) in [6, 6.07) is 41.3. The molecule has 5 N–H and O–H groups in total. The molecule has 3 aliphatic heterocycles. The molecule has 0 saturated carbocycles. The minimum absolute atomic E-state index is 0.00439. The van der Waals surface area contributed by atoms with Crippen molar-refractivity contribution in [2.24, 2.45) is 34.1 Å². The standard InChI is InChI=1S/C27H35N5O2.C24H28N2O5.C15H14ClN3O3.C13H11FN2O2.C6H5N7O4/c1-20(2)25-26(27(34)29-19-21-9-4-3-5-10-21)32(16-8-15-31-14-7-12-24(31)33)23(30-25)17-22-11-6-13-28-18-22;1-4-30-24(29)18-9-11-26(12-10-18)23(28)21(15-20-6-5-13-31-20)25-22(27)19-8-7-16(2)17(3)14-19;16-11-3-1-4-12(9-11)18-14(20)6-7-15(21)19-17-10-13-5-2-8-22-13;1-9-2-7-12(18-9)8-15-16-13(17)10-3-5-11(14)6-4-10;1-10-6(8-5(9-10)13(16)17)11-3-4(2-7-11)12(14)15/h3-6,9-11,13,18,20,25-26H,7-8,12,14-17,19H2,1-2H3,(H,29,34);5-8,13-15,18H,4,9-12H2,1-3H3,(H,25,27);1-5,8-10H,6-7H2,(H,18,20)(H,19,21);2-8H,1H3,(H,16,17);2-3H,1H3/b;21-15-;17-10+;15-8+;. The van der Waals surface area contributed by atoms with Gasteiger partial charge in [-0.1, -0.05) is 74.0 Å². The molecule has 35 nitrogen and oxygen atoms in total. The predicted molar refractivity (Wildman–Crippen MR) is 449 cm³/mol. The van der Waals surface area contributed by atoms with Crippen LogP contribution in [0.5, 0.6) is 0 Å². The van der Waals surface area contributed by atoms with Gasteiger partial charge in [-0.15, -0.1) is 0 Å². The van der Waals surface area contributed by atoms with Crippen LogP contribution in [0.4, 0.5) is 21.7 Å². The summed E-state index contributed by atoms with van der Waals surface area (Å²) in [7, 11) is 1.42. The quantitative estimate of drug-likeness (QED) is 0.00999. The smallest absolute Gasteiger partial charge is 0.466 e. The monoisotopic (exact) mass is 1690 g/mol. The van der Waals surface area contributed by atoms with Crippen LogP contribution in [0.2, 0.25) is 5.02 Å². The molecule has 3 aliphatic rings. The topological polar surface area (TPSA) is 440 Å². The number of halogens is 2. The van der Waals surface area contributed by atoms with Gasteiger partial charge in [0.15, 0.2) is 0 Å². The number of amidine groups is 1. The zero-order valence-electron chi connectivity index (χ0n) is 68.0. The van der Waals surface area contributed by atoms with Crippen molar-refractivity contribution in [2.45, 2.75) is 112 Å². The van der Waals surface area contributed by atoms with Gasteiger partial charge in [0.1, 0.15) is 58.8 Å².